The Labute approximate surface area is 92.9 Å². The molecule has 0 unspecified atom stereocenters. The van der Waals surface area contributed by atoms with Crippen molar-refractivity contribution in [2.24, 2.45) is 10.7 Å². The van der Waals surface area contributed by atoms with E-state index < -0.39 is 6.09 Å². The summed E-state index contributed by atoms with van der Waals surface area (Å²) < 4.78 is 9.99. The fourth-order valence-corrected chi connectivity index (χ4v) is 1.65. The standard InChI is InChI=1S/C11H12N2O3/c1-15-9-5-8-6-13-3-2-7(8)4-10(9)16-11(12)14/h4-6H,2-3H2,1H3,(H2,12,14). The number of aliphatic imine (C=N–C) groups is 1. The fraction of sp³-hybridized carbons (Fsp3) is 0.273. The van der Waals surface area contributed by atoms with Crippen molar-refractivity contribution in [1.82, 2.24) is 0 Å². The number of nitrogens with two attached hydrogens (primary N) is 1. The Morgan fingerprint density at radius 1 is 1.44 bits per heavy atom. The van der Waals surface area contributed by atoms with Crippen LogP contribution in [0.15, 0.2) is 17.1 Å². The monoisotopic (exact) mass is 220 g/mol. The summed E-state index contributed by atoms with van der Waals surface area (Å²) in [6.07, 6.45) is 1.77. The molecule has 84 valence electrons. The highest BCUT2D eigenvalue weighted by Crippen LogP contribution is 2.31. The highest BCUT2D eigenvalue weighted by Gasteiger charge is 2.14. The van der Waals surface area contributed by atoms with Gasteiger partial charge in [0.25, 0.3) is 0 Å². The summed E-state index contributed by atoms with van der Waals surface area (Å²) in [5.41, 5.74) is 7.04. The van der Waals surface area contributed by atoms with Gasteiger partial charge in [-0.1, -0.05) is 0 Å². The Kier molecular flexibility index (Phi) is 2.76. The molecule has 5 heteroatoms. The molecule has 0 bridgehead atoms. The van der Waals surface area contributed by atoms with Crippen molar-refractivity contribution in [3.63, 3.8) is 0 Å². The number of methoxy groups -OCH3 is 1. The fourth-order valence-electron chi connectivity index (χ4n) is 1.65. The number of primary amides is 1. The normalized spacial score (nSPS) is 13.1. The largest absolute Gasteiger partial charge is 0.493 e. The van der Waals surface area contributed by atoms with Gasteiger partial charge in [-0.25, -0.2) is 4.79 Å². The molecular formula is C11H12N2O3. The number of carbonyl (C=O) groups excluding carboxylic acids is 1. The molecule has 1 amide bonds. The summed E-state index contributed by atoms with van der Waals surface area (Å²) >= 11 is 0. The summed E-state index contributed by atoms with van der Waals surface area (Å²) in [7, 11) is 1.51. The molecule has 0 aromatic heterocycles. The number of nitrogens with zero attached hydrogens (tertiary/aromatic N) is 1. The molecule has 1 aliphatic heterocycles. The van der Waals surface area contributed by atoms with Gasteiger partial charge in [-0.15, -0.1) is 0 Å². The first-order valence-corrected chi connectivity index (χ1v) is 4.88. The van der Waals surface area contributed by atoms with Gasteiger partial charge in [-0.3, -0.25) is 4.99 Å². The lowest BCUT2D eigenvalue weighted by molar-refractivity contribution is 0.208. The second-order valence-electron chi connectivity index (χ2n) is 3.41. The lowest BCUT2D eigenvalue weighted by atomic mass is 10.0. The van der Waals surface area contributed by atoms with E-state index in [-0.39, 0.29) is 0 Å². The summed E-state index contributed by atoms with van der Waals surface area (Å²) in [5.74, 6) is 0.829. The molecule has 16 heavy (non-hydrogen) atoms. The average molecular weight is 220 g/mol. The minimum Gasteiger partial charge on any atom is -0.493 e. The number of rotatable bonds is 2. The number of carbonyl (C=O) groups is 1. The van der Waals surface area contributed by atoms with E-state index in [4.69, 9.17) is 15.2 Å². The number of ether oxygens (including phenoxy) is 2. The molecule has 2 rings (SSSR count). The first-order valence-electron chi connectivity index (χ1n) is 4.88. The van der Waals surface area contributed by atoms with Crippen LogP contribution in [0.3, 0.4) is 0 Å². The molecule has 0 radical (unpaired) electrons. The highest BCUT2D eigenvalue weighted by molar-refractivity contribution is 5.84. The van der Waals surface area contributed by atoms with E-state index in [0.717, 1.165) is 24.1 Å². The molecule has 0 fully saturated rings. The SMILES string of the molecule is COc1cc2c(cc1OC(N)=O)CCN=C2. The van der Waals surface area contributed by atoms with Gasteiger partial charge in [0.15, 0.2) is 11.5 Å². The Morgan fingerprint density at radius 2 is 2.25 bits per heavy atom. The minimum absolute atomic E-state index is 0.351. The third-order valence-electron chi connectivity index (χ3n) is 2.38. The summed E-state index contributed by atoms with van der Waals surface area (Å²) in [6, 6.07) is 3.56. The zero-order chi connectivity index (χ0) is 11.5. The number of hydrogen-bond acceptors (Lipinski definition) is 4. The first kappa shape index (κ1) is 10.5. The Hall–Kier alpha value is -2.04. The molecule has 0 aliphatic carbocycles. The second kappa shape index (κ2) is 4.22. The van der Waals surface area contributed by atoms with Crippen LogP contribution in [-0.4, -0.2) is 26.0 Å². The Bertz CT molecular complexity index is 455. The number of fused-ring (bicyclic) bond motifs is 1. The smallest absolute Gasteiger partial charge is 0.410 e. The van der Waals surface area contributed by atoms with Gasteiger partial charge in [0, 0.05) is 12.8 Å². The van der Waals surface area contributed by atoms with E-state index in [9.17, 15) is 4.79 Å². The molecule has 0 saturated heterocycles. The topological polar surface area (TPSA) is 73.9 Å². The molecule has 0 atom stereocenters. The van der Waals surface area contributed by atoms with E-state index in [1.165, 1.54) is 7.11 Å². The first-order chi connectivity index (χ1) is 7.70. The number of benzene rings is 1. The minimum atomic E-state index is -0.845. The lowest BCUT2D eigenvalue weighted by Gasteiger charge is -2.14. The summed E-state index contributed by atoms with van der Waals surface area (Å²) in [5, 5.41) is 0. The van der Waals surface area contributed by atoms with Crippen LogP contribution >= 0.6 is 0 Å². The zero-order valence-corrected chi connectivity index (χ0v) is 8.90. The van der Waals surface area contributed by atoms with E-state index in [0.29, 0.717) is 11.5 Å². The number of hydrogen-bond donors (Lipinski definition) is 1. The molecule has 1 heterocycles. The van der Waals surface area contributed by atoms with Crippen molar-refractivity contribution in [2.75, 3.05) is 13.7 Å². The van der Waals surface area contributed by atoms with Crippen molar-refractivity contribution in [1.29, 1.82) is 0 Å². The summed E-state index contributed by atoms with van der Waals surface area (Å²) in [6.45, 7) is 0.745. The Balaban J connectivity index is 2.44. The molecule has 1 aliphatic rings. The van der Waals surface area contributed by atoms with E-state index in [1.807, 2.05) is 0 Å². The van der Waals surface area contributed by atoms with Crippen molar-refractivity contribution in [3.8, 4) is 11.5 Å². The van der Waals surface area contributed by atoms with Crippen LogP contribution in [0.5, 0.6) is 11.5 Å². The zero-order valence-electron chi connectivity index (χ0n) is 8.90. The molecule has 0 spiro atoms. The summed E-state index contributed by atoms with van der Waals surface area (Å²) in [4.78, 5) is 14.9. The van der Waals surface area contributed by atoms with Crippen LogP contribution < -0.4 is 15.2 Å². The molecule has 1 aromatic rings. The molecule has 5 nitrogen and oxygen atoms in total. The van der Waals surface area contributed by atoms with Gasteiger partial charge in [-0.2, -0.15) is 0 Å². The third-order valence-corrected chi connectivity index (χ3v) is 2.38. The second-order valence-corrected chi connectivity index (χ2v) is 3.41. The van der Waals surface area contributed by atoms with Gasteiger partial charge < -0.3 is 15.2 Å². The lowest BCUT2D eigenvalue weighted by Crippen LogP contribution is -2.17. The van der Waals surface area contributed by atoms with Gasteiger partial charge >= 0.3 is 6.09 Å². The van der Waals surface area contributed by atoms with Crippen molar-refractivity contribution in [2.45, 2.75) is 6.42 Å². The van der Waals surface area contributed by atoms with E-state index in [1.54, 1.807) is 18.3 Å². The highest BCUT2D eigenvalue weighted by atomic mass is 16.6. The van der Waals surface area contributed by atoms with E-state index in [2.05, 4.69) is 4.99 Å². The maximum Gasteiger partial charge on any atom is 0.410 e. The predicted octanol–water partition coefficient (Wildman–Crippen LogP) is 1.13. The van der Waals surface area contributed by atoms with Crippen molar-refractivity contribution >= 4 is 12.3 Å². The van der Waals surface area contributed by atoms with Crippen LogP contribution in [0.4, 0.5) is 4.79 Å². The van der Waals surface area contributed by atoms with Gasteiger partial charge in [0.2, 0.25) is 0 Å². The van der Waals surface area contributed by atoms with Crippen LogP contribution in [0, 0.1) is 0 Å². The van der Waals surface area contributed by atoms with Crippen molar-refractivity contribution < 1.29 is 14.3 Å². The molecule has 1 aromatic carbocycles. The molecule has 2 N–H and O–H groups in total. The van der Waals surface area contributed by atoms with Gasteiger partial charge in [0.1, 0.15) is 0 Å². The maximum absolute atomic E-state index is 10.7. The van der Waals surface area contributed by atoms with Crippen LogP contribution in [0.2, 0.25) is 0 Å². The number of amides is 1. The molecule has 0 saturated carbocycles. The van der Waals surface area contributed by atoms with Crippen LogP contribution in [0.25, 0.3) is 0 Å². The predicted molar refractivity (Wildman–Crippen MR) is 59.4 cm³/mol. The molecular weight excluding hydrogens is 208 g/mol. The van der Waals surface area contributed by atoms with Crippen LogP contribution in [-0.2, 0) is 6.42 Å². The average Bonchev–Trinajstić information content (AvgIpc) is 2.27. The van der Waals surface area contributed by atoms with Gasteiger partial charge in [0.05, 0.1) is 7.11 Å². The third kappa shape index (κ3) is 1.98. The Morgan fingerprint density at radius 3 is 2.94 bits per heavy atom. The van der Waals surface area contributed by atoms with Crippen molar-refractivity contribution in [3.05, 3.63) is 23.3 Å². The quantitative estimate of drug-likeness (QED) is 0.811. The van der Waals surface area contributed by atoms with E-state index >= 15 is 0 Å². The maximum atomic E-state index is 10.7. The van der Waals surface area contributed by atoms with Gasteiger partial charge in [-0.05, 0) is 29.7 Å². The van der Waals surface area contributed by atoms with Crippen LogP contribution in [0.1, 0.15) is 11.1 Å².